The first-order valence-corrected chi connectivity index (χ1v) is 8.52. The van der Waals surface area contributed by atoms with Gasteiger partial charge in [0.1, 0.15) is 12.4 Å². The first kappa shape index (κ1) is 16.4. The van der Waals surface area contributed by atoms with Crippen molar-refractivity contribution in [1.29, 1.82) is 5.26 Å². The molecular weight excluding hydrogens is 344 g/mol. The number of para-hydroxylation sites is 2. The quantitative estimate of drug-likeness (QED) is 0.622. The Morgan fingerprint density at radius 1 is 1.08 bits per heavy atom. The van der Waals surface area contributed by atoms with Gasteiger partial charge in [-0.3, -0.25) is 4.57 Å². The largest absolute Gasteiger partial charge is 0.484 e. The van der Waals surface area contributed by atoms with E-state index in [4.69, 9.17) is 21.6 Å². The lowest BCUT2D eigenvalue weighted by Gasteiger charge is -2.11. The summed E-state index contributed by atoms with van der Waals surface area (Å²) in [6.07, 6.45) is 0. The fraction of sp³-hybridized carbons (Fsp3) is 0.118. The molecule has 0 bridgehead atoms. The highest BCUT2D eigenvalue weighted by Crippen LogP contribution is 2.26. The Balaban J connectivity index is 1.89. The van der Waals surface area contributed by atoms with E-state index in [2.05, 4.69) is 16.3 Å². The highest BCUT2D eigenvalue weighted by Gasteiger charge is 2.15. The summed E-state index contributed by atoms with van der Waals surface area (Å²) in [4.78, 5) is 0. The lowest BCUT2D eigenvalue weighted by molar-refractivity contribution is 0.293. The van der Waals surface area contributed by atoms with Gasteiger partial charge in [-0.2, -0.15) is 5.26 Å². The van der Waals surface area contributed by atoms with E-state index in [1.54, 1.807) is 12.1 Å². The van der Waals surface area contributed by atoms with Gasteiger partial charge in [0.15, 0.2) is 11.0 Å². The minimum Gasteiger partial charge on any atom is -0.484 e. The minimum absolute atomic E-state index is 0.221. The van der Waals surface area contributed by atoms with Crippen molar-refractivity contribution in [3.05, 3.63) is 65.4 Å². The van der Waals surface area contributed by atoms with Crippen LogP contribution in [0.15, 0.2) is 59.8 Å². The van der Waals surface area contributed by atoms with E-state index >= 15 is 0 Å². The van der Waals surface area contributed by atoms with Crippen molar-refractivity contribution in [2.45, 2.75) is 11.8 Å². The van der Waals surface area contributed by atoms with Gasteiger partial charge in [-0.1, -0.05) is 53.7 Å². The van der Waals surface area contributed by atoms with E-state index in [0.29, 0.717) is 27.5 Å². The van der Waals surface area contributed by atoms with Crippen molar-refractivity contribution in [3.63, 3.8) is 0 Å². The zero-order chi connectivity index (χ0) is 16.8. The Morgan fingerprint density at radius 2 is 1.83 bits per heavy atom. The van der Waals surface area contributed by atoms with Crippen LogP contribution in [-0.2, 0) is 6.61 Å². The van der Waals surface area contributed by atoms with Crippen LogP contribution in [0.1, 0.15) is 5.82 Å². The Morgan fingerprint density at radius 3 is 2.58 bits per heavy atom. The lowest BCUT2D eigenvalue weighted by Crippen LogP contribution is -2.06. The highest BCUT2D eigenvalue weighted by atomic mass is 35.5. The number of benzene rings is 2. The molecule has 0 atom stereocenters. The van der Waals surface area contributed by atoms with Crippen LogP contribution >= 0.6 is 23.4 Å². The first-order valence-electron chi connectivity index (χ1n) is 7.16. The molecule has 7 heteroatoms. The van der Waals surface area contributed by atoms with Gasteiger partial charge >= 0.3 is 0 Å². The van der Waals surface area contributed by atoms with Gasteiger partial charge in [0.05, 0.1) is 16.8 Å². The predicted octanol–water partition coefficient (Wildman–Crippen LogP) is 4.12. The Hall–Kier alpha value is -2.49. The Bertz CT molecular complexity index is 861. The van der Waals surface area contributed by atoms with Gasteiger partial charge in [-0.05, 0) is 24.3 Å². The smallest absolute Gasteiger partial charge is 0.196 e. The monoisotopic (exact) mass is 356 g/mol. The summed E-state index contributed by atoms with van der Waals surface area (Å²) in [7, 11) is 0. The van der Waals surface area contributed by atoms with Crippen LogP contribution < -0.4 is 4.74 Å². The molecule has 0 radical (unpaired) electrons. The molecule has 0 aliphatic heterocycles. The van der Waals surface area contributed by atoms with Crippen LogP contribution in [0.3, 0.4) is 0 Å². The molecule has 0 amide bonds. The van der Waals surface area contributed by atoms with E-state index in [0.717, 1.165) is 5.69 Å². The van der Waals surface area contributed by atoms with E-state index in [1.807, 2.05) is 47.0 Å². The van der Waals surface area contributed by atoms with Crippen molar-refractivity contribution >= 4 is 23.4 Å². The molecule has 24 heavy (non-hydrogen) atoms. The van der Waals surface area contributed by atoms with Crippen molar-refractivity contribution in [2.24, 2.45) is 0 Å². The maximum absolute atomic E-state index is 8.81. The van der Waals surface area contributed by atoms with E-state index < -0.39 is 0 Å². The average molecular weight is 357 g/mol. The standard InChI is InChI=1S/C17H13ClN4OS/c18-14-8-4-5-9-15(14)23-12-16-20-21-17(24-11-10-19)22(16)13-6-2-1-3-7-13/h1-9H,11-12H2. The summed E-state index contributed by atoms with van der Waals surface area (Å²) in [5.41, 5.74) is 0.917. The molecule has 2 aromatic carbocycles. The molecule has 3 aromatic rings. The van der Waals surface area contributed by atoms with Gasteiger partial charge in [-0.15, -0.1) is 10.2 Å². The fourth-order valence-corrected chi connectivity index (χ4v) is 2.95. The Labute approximate surface area is 148 Å². The third-order valence-corrected chi connectivity index (χ3v) is 4.28. The number of hydrogen-bond donors (Lipinski definition) is 0. The normalized spacial score (nSPS) is 10.3. The zero-order valence-electron chi connectivity index (χ0n) is 12.6. The van der Waals surface area contributed by atoms with Gasteiger partial charge in [-0.25, -0.2) is 0 Å². The molecule has 1 heterocycles. The molecule has 0 aliphatic carbocycles. The molecule has 3 rings (SSSR count). The third kappa shape index (κ3) is 3.70. The second kappa shape index (κ2) is 7.86. The first-order chi connectivity index (χ1) is 11.8. The summed E-state index contributed by atoms with van der Waals surface area (Å²) in [6, 6.07) is 19.1. The van der Waals surface area contributed by atoms with Crippen molar-refractivity contribution in [3.8, 4) is 17.5 Å². The second-order valence-corrected chi connectivity index (χ2v) is 6.09. The topological polar surface area (TPSA) is 63.7 Å². The Kier molecular flexibility index (Phi) is 5.36. The van der Waals surface area contributed by atoms with E-state index in [-0.39, 0.29) is 6.61 Å². The predicted molar refractivity (Wildman–Crippen MR) is 93.5 cm³/mol. The molecule has 0 spiro atoms. The van der Waals surface area contributed by atoms with E-state index in [1.165, 1.54) is 11.8 Å². The number of thioether (sulfide) groups is 1. The zero-order valence-corrected chi connectivity index (χ0v) is 14.2. The van der Waals surface area contributed by atoms with Crippen molar-refractivity contribution in [2.75, 3.05) is 5.75 Å². The summed E-state index contributed by atoms with van der Waals surface area (Å²) in [5.74, 6) is 1.53. The lowest BCUT2D eigenvalue weighted by atomic mass is 10.3. The number of nitriles is 1. The molecule has 0 aliphatic rings. The molecule has 0 saturated carbocycles. The number of halogens is 1. The summed E-state index contributed by atoms with van der Waals surface area (Å²) in [6.45, 7) is 0.221. The fourth-order valence-electron chi connectivity index (χ4n) is 2.12. The second-order valence-electron chi connectivity index (χ2n) is 4.74. The summed E-state index contributed by atoms with van der Waals surface area (Å²) in [5, 5.41) is 18.4. The number of aromatic nitrogens is 3. The third-order valence-electron chi connectivity index (χ3n) is 3.17. The summed E-state index contributed by atoms with van der Waals surface area (Å²) < 4.78 is 7.66. The van der Waals surface area contributed by atoms with Crippen LogP contribution in [0.4, 0.5) is 0 Å². The minimum atomic E-state index is 0.221. The van der Waals surface area contributed by atoms with E-state index in [9.17, 15) is 0 Å². The van der Waals surface area contributed by atoms with Crippen LogP contribution in [-0.4, -0.2) is 20.5 Å². The highest BCUT2D eigenvalue weighted by molar-refractivity contribution is 7.99. The molecular formula is C17H13ClN4OS. The molecule has 0 unspecified atom stereocenters. The summed E-state index contributed by atoms with van der Waals surface area (Å²) >= 11 is 7.45. The number of hydrogen-bond acceptors (Lipinski definition) is 5. The van der Waals surface area contributed by atoms with Crippen LogP contribution in [0.25, 0.3) is 5.69 Å². The maximum Gasteiger partial charge on any atom is 0.196 e. The number of nitrogens with zero attached hydrogens (tertiary/aromatic N) is 4. The van der Waals surface area contributed by atoms with Crippen molar-refractivity contribution in [1.82, 2.24) is 14.8 Å². The molecule has 0 N–H and O–H groups in total. The van der Waals surface area contributed by atoms with Gasteiger partial charge in [0, 0.05) is 5.69 Å². The molecule has 1 aromatic heterocycles. The van der Waals surface area contributed by atoms with Gasteiger partial charge in [0.25, 0.3) is 0 Å². The number of ether oxygens (including phenoxy) is 1. The molecule has 0 saturated heterocycles. The van der Waals surface area contributed by atoms with Gasteiger partial charge in [0.2, 0.25) is 0 Å². The SMILES string of the molecule is N#CCSc1nnc(COc2ccccc2Cl)n1-c1ccccc1. The van der Waals surface area contributed by atoms with Crippen molar-refractivity contribution < 1.29 is 4.74 Å². The average Bonchev–Trinajstić information content (AvgIpc) is 3.03. The molecule has 0 fully saturated rings. The number of rotatable bonds is 6. The molecule has 120 valence electrons. The maximum atomic E-state index is 8.81. The molecule has 5 nitrogen and oxygen atoms in total. The van der Waals surface area contributed by atoms with Crippen LogP contribution in [0.2, 0.25) is 5.02 Å². The van der Waals surface area contributed by atoms with Gasteiger partial charge < -0.3 is 4.74 Å². The van der Waals surface area contributed by atoms with Crippen LogP contribution in [0.5, 0.6) is 5.75 Å². The van der Waals surface area contributed by atoms with Crippen LogP contribution in [0, 0.1) is 11.3 Å².